The Morgan fingerprint density at radius 2 is 2.00 bits per heavy atom. The van der Waals surface area contributed by atoms with Crippen molar-refractivity contribution in [3.8, 4) is 0 Å². The molecule has 0 amide bonds. The van der Waals surface area contributed by atoms with E-state index in [2.05, 4.69) is 42.2 Å². The molecule has 19 heavy (non-hydrogen) atoms. The summed E-state index contributed by atoms with van der Waals surface area (Å²) in [5, 5.41) is 0. The first-order valence-electron chi connectivity index (χ1n) is 7.56. The number of likely N-dealkylation sites (tertiary alicyclic amines) is 1. The van der Waals surface area contributed by atoms with Crippen LogP contribution in [0.3, 0.4) is 0 Å². The largest absolute Gasteiger partial charge is 0.300 e. The van der Waals surface area contributed by atoms with Gasteiger partial charge in [0.1, 0.15) is 5.78 Å². The minimum absolute atomic E-state index is 0.484. The number of benzene rings is 1. The number of ketones is 1. The van der Waals surface area contributed by atoms with Gasteiger partial charge in [-0.15, -0.1) is 0 Å². The number of nitrogens with zero attached hydrogens (tertiary/aromatic N) is 1. The zero-order valence-electron chi connectivity index (χ0n) is 11.7. The fourth-order valence-electron chi connectivity index (χ4n) is 3.87. The Morgan fingerprint density at radius 1 is 1.21 bits per heavy atom. The Kier molecular flexibility index (Phi) is 3.69. The second kappa shape index (κ2) is 5.46. The van der Waals surface area contributed by atoms with Crippen molar-refractivity contribution in [2.75, 3.05) is 6.54 Å². The summed E-state index contributed by atoms with van der Waals surface area (Å²) in [5.41, 5.74) is 1.37. The fraction of sp³-hybridized carbons (Fsp3) is 0.588. The maximum atomic E-state index is 11.9. The molecule has 3 atom stereocenters. The van der Waals surface area contributed by atoms with Crippen LogP contribution in [0, 0.1) is 11.8 Å². The van der Waals surface area contributed by atoms with Crippen LogP contribution in [-0.4, -0.2) is 23.3 Å². The lowest BCUT2D eigenvalue weighted by molar-refractivity contribution is -0.127. The quantitative estimate of drug-likeness (QED) is 0.828. The Labute approximate surface area is 115 Å². The van der Waals surface area contributed by atoms with Crippen LogP contribution in [0.25, 0.3) is 0 Å². The van der Waals surface area contributed by atoms with Gasteiger partial charge in [0, 0.05) is 32.0 Å². The number of carbonyl (C=O) groups excluding carboxylic acids is 1. The maximum absolute atomic E-state index is 11.9. The molecule has 3 rings (SSSR count). The first-order chi connectivity index (χ1) is 9.26. The SMILES string of the molecule is CC[C@H]1CN(Cc2ccccc2)[C@@H]2CC(=O)C[C@@H]1C2. The number of rotatable bonds is 3. The van der Waals surface area contributed by atoms with Crippen LogP contribution in [0.5, 0.6) is 0 Å². The van der Waals surface area contributed by atoms with Crippen LogP contribution in [0.15, 0.2) is 30.3 Å². The summed E-state index contributed by atoms with van der Waals surface area (Å²) in [4.78, 5) is 14.5. The molecule has 0 spiro atoms. The van der Waals surface area contributed by atoms with E-state index in [4.69, 9.17) is 0 Å². The lowest BCUT2D eigenvalue weighted by Crippen LogP contribution is -2.50. The van der Waals surface area contributed by atoms with E-state index in [0.717, 1.165) is 19.4 Å². The molecule has 2 aliphatic rings. The van der Waals surface area contributed by atoms with Gasteiger partial charge < -0.3 is 0 Å². The summed E-state index contributed by atoms with van der Waals surface area (Å²) in [6, 6.07) is 11.1. The minimum Gasteiger partial charge on any atom is -0.300 e. The van der Waals surface area contributed by atoms with Gasteiger partial charge >= 0.3 is 0 Å². The van der Waals surface area contributed by atoms with E-state index >= 15 is 0 Å². The van der Waals surface area contributed by atoms with E-state index < -0.39 is 0 Å². The third-order valence-electron chi connectivity index (χ3n) is 4.93. The van der Waals surface area contributed by atoms with Crippen molar-refractivity contribution in [2.24, 2.45) is 11.8 Å². The van der Waals surface area contributed by atoms with Gasteiger partial charge in [-0.2, -0.15) is 0 Å². The summed E-state index contributed by atoms with van der Waals surface area (Å²) >= 11 is 0. The van der Waals surface area contributed by atoms with E-state index in [0.29, 0.717) is 23.7 Å². The average molecular weight is 257 g/mol. The third-order valence-corrected chi connectivity index (χ3v) is 4.93. The molecule has 102 valence electrons. The lowest BCUT2D eigenvalue weighted by Gasteiger charge is -2.47. The summed E-state index contributed by atoms with van der Waals surface area (Å²) in [6.07, 6.45) is 4.06. The van der Waals surface area contributed by atoms with Crippen molar-refractivity contribution in [3.63, 3.8) is 0 Å². The number of fused-ring (bicyclic) bond motifs is 2. The third kappa shape index (κ3) is 2.74. The second-order valence-electron chi connectivity index (χ2n) is 6.18. The van der Waals surface area contributed by atoms with Gasteiger partial charge in [0.25, 0.3) is 0 Å². The van der Waals surface area contributed by atoms with Crippen molar-refractivity contribution in [1.29, 1.82) is 0 Å². The van der Waals surface area contributed by atoms with Crippen LogP contribution in [-0.2, 0) is 11.3 Å². The van der Waals surface area contributed by atoms with E-state index in [1.807, 2.05) is 0 Å². The first kappa shape index (κ1) is 12.9. The molecule has 0 N–H and O–H groups in total. The molecule has 1 heterocycles. The van der Waals surface area contributed by atoms with Crippen molar-refractivity contribution in [1.82, 2.24) is 4.90 Å². The van der Waals surface area contributed by atoms with Gasteiger partial charge in [-0.05, 0) is 23.8 Å². The molecule has 1 saturated carbocycles. The van der Waals surface area contributed by atoms with Crippen LogP contribution >= 0.6 is 0 Å². The normalized spacial score (nSPS) is 31.4. The smallest absolute Gasteiger partial charge is 0.134 e. The topological polar surface area (TPSA) is 20.3 Å². The van der Waals surface area contributed by atoms with E-state index in [1.54, 1.807) is 0 Å². The van der Waals surface area contributed by atoms with Crippen molar-refractivity contribution in [2.45, 2.75) is 45.2 Å². The van der Waals surface area contributed by atoms with E-state index in [1.165, 1.54) is 24.9 Å². The van der Waals surface area contributed by atoms with Gasteiger partial charge in [0.05, 0.1) is 0 Å². The molecule has 2 heteroatoms. The molecular weight excluding hydrogens is 234 g/mol. The highest BCUT2D eigenvalue weighted by molar-refractivity contribution is 5.80. The predicted molar refractivity (Wildman–Crippen MR) is 76.8 cm³/mol. The predicted octanol–water partition coefficient (Wildman–Crippen LogP) is 3.27. The number of carbonyl (C=O) groups is 1. The van der Waals surface area contributed by atoms with E-state index in [-0.39, 0.29) is 0 Å². The minimum atomic E-state index is 0.484. The molecule has 1 aliphatic carbocycles. The Bertz CT molecular complexity index is 442. The number of Topliss-reactive ketones (excluding diaryl/α,β-unsaturated/α-hetero) is 1. The van der Waals surface area contributed by atoms with Crippen LogP contribution in [0.1, 0.15) is 38.2 Å². The zero-order chi connectivity index (χ0) is 13.2. The Hall–Kier alpha value is -1.15. The zero-order valence-corrected chi connectivity index (χ0v) is 11.7. The maximum Gasteiger partial charge on any atom is 0.134 e. The molecule has 1 aromatic carbocycles. The summed E-state index contributed by atoms with van der Waals surface area (Å²) < 4.78 is 0. The molecule has 2 bridgehead atoms. The van der Waals surface area contributed by atoms with Crippen LogP contribution in [0.4, 0.5) is 0 Å². The van der Waals surface area contributed by atoms with Gasteiger partial charge in [0.2, 0.25) is 0 Å². The molecule has 1 saturated heterocycles. The molecule has 0 aromatic heterocycles. The average Bonchev–Trinajstić information content (AvgIpc) is 2.43. The van der Waals surface area contributed by atoms with Crippen molar-refractivity contribution in [3.05, 3.63) is 35.9 Å². The lowest BCUT2D eigenvalue weighted by atomic mass is 9.72. The first-order valence-corrected chi connectivity index (χ1v) is 7.56. The number of hydrogen-bond donors (Lipinski definition) is 0. The molecule has 2 fully saturated rings. The summed E-state index contributed by atoms with van der Waals surface area (Å²) in [6.45, 7) is 4.45. The standard InChI is InChI=1S/C17H23NO/c1-2-14-12-18(11-13-6-4-3-5-7-13)16-8-15(14)9-17(19)10-16/h3-7,14-16H,2,8-12H2,1H3/t14-,15-,16-/m0/s1. The highest BCUT2D eigenvalue weighted by Gasteiger charge is 2.39. The van der Waals surface area contributed by atoms with Crippen molar-refractivity contribution >= 4 is 5.78 Å². The van der Waals surface area contributed by atoms with Gasteiger partial charge in [-0.25, -0.2) is 0 Å². The van der Waals surface area contributed by atoms with E-state index in [9.17, 15) is 4.79 Å². The number of hydrogen-bond acceptors (Lipinski definition) is 2. The highest BCUT2D eigenvalue weighted by Crippen LogP contribution is 2.38. The molecule has 1 aliphatic heterocycles. The molecular formula is C17H23NO. The van der Waals surface area contributed by atoms with Gasteiger partial charge in [0.15, 0.2) is 0 Å². The van der Waals surface area contributed by atoms with Gasteiger partial charge in [-0.1, -0.05) is 43.7 Å². The molecule has 0 unspecified atom stereocenters. The van der Waals surface area contributed by atoms with Crippen molar-refractivity contribution < 1.29 is 4.79 Å². The van der Waals surface area contributed by atoms with Crippen LogP contribution in [0.2, 0.25) is 0 Å². The summed E-state index contributed by atoms with van der Waals surface area (Å²) in [7, 11) is 0. The number of piperidine rings is 1. The second-order valence-corrected chi connectivity index (χ2v) is 6.18. The highest BCUT2D eigenvalue weighted by atomic mass is 16.1. The fourth-order valence-corrected chi connectivity index (χ4v) is 3.87. The molecule has 1 aromatic rings. The Balaban J connectivity index is 1.75. The molecule has 0 radical (unpaired) electrons. The Morgan fingerprint density at radius 3 is 2.74 bits per heavy atom. The summed E-state index contributed by atoms with van der Waals surface area (Å²) in [5.74, 6) is 1.85. The molecule has 2 nitrogen and oxygen atoms in total. The van der Waals surface area contributed by atoms with Gasteiger partial charge in [-0.3, -0.25) is 9.69 Å². The monoisotopic (exact) mass is 257 g/mol. The van der Waals surface area contributed by atoms with Crippen LogP contribution < -0.4 is 0 Å².